The predicted octanol–water partition coefficient (Wildman–Crippen LogP) is 3.63. The number of rotatable bonds is 4. The maximum absolute atomic E-state index is 14.1. The topological polar surface area (TPSA) is 36.0 Å². The standard InChI is InChI=1S/C24H29F2N3O2/c1-15-13-28(14-16(2)27(15)3)21-12-20-17(10-22(21)31-4)8-9-29(20)23(30)11-18-6-5-7-19(25)24(18)26/h5-7,10,12,15-16H,8-9,11,13-14H2,1-4H3. The second-order valence-corrected chi connectivity index (χ2v) is 8.61. The Balaban J connectivity index is 1.63. The Morgan fingerprint density at radius 3 is 2.52 bits per heavy atom. The zero-order valence-corrected chi connectivity index (χ0v) is 18.5. The first-order valence-electron chi connectivity index (χ1n) is 10.7. The summed E-state index contributed by atoms with van der Waals surface area (Å²) < 4.78 is 33.3. The number of hydrogen-bond donors (Lipinski definition) is 0. The van der Waals surface area contributed by atoms with Crippen molar-refractivity contribution in [2.45, 2.75) is 38.8 Å². The number of anilines is 2. The first-order valence-corrected chi connectivity index (χ1v) is 10.7. The number of amides is 1. The molecule has 4 rings (SSSR count). The van der Waals surface area contributed by atoms with E-state index in [9.17, 15) is 13.6 Å². The van der Waals surface area contributed by atoms with E-state index in [1.54, 1.807) is 12.0 Å². The van der Waals surface area contributed by atoms with Crippen LogP contribution in [-0.4, -0.2) is 56.7 Å². The minimum atomic E-state index is -0.953. The van der Waals surface area contributed by atoms with Gasteiger partial charge in [0.1, 0.15) is 5.75 Å². The summed E-state index contributed by atoms with van der Waals surface area (Å²) in [6.07, 6.45) is 0.534. The normalized spacial score (nSPS) is 21.4. The monoisotopic (exact) mass is 429 g/mol. The molecule has 2 aliphatic rings. The highest BCUT2D eigenvalue weighted by atomic mass is 19.2. The van der Waals surface area contributed by atoms with Gasteiger partial charge in [0, 0.05) is 43.0 Å². The fraction of sp³-hybridized carbons (Fsp3) is 0.458. The van der Waals surface area contributed by atoms with Crippen molar-refractivity contribution in [1.29, 1.82) is 0 Å². The molecule has 0 radical (unpaired) electrons. The molecule has 0 aromatic heterocycles. The highest BCUT2D eigenvalue weighted by Crippen LogP contribution is 2.40. The van der Waals surface area contributed by atoms with Crippen LogP contribution in [0.4, 0.5) is 20.2 Å². The Bertz CT molecular complexity index is 985. The van der Waals surface area contributed by atoms with E-state index in [0.717, 1.165) is 41.8 Å². The quantitative estimate of drug-likeness (QED) is 0.744. The molecule has 5 nitrogen and oxygen atoms in total. The third-order valence-electron chi connectivity index (χ3n) is 6.65. The maximum atomic E-state index is 14.1. The molecule has 7 heteroatoms. The van der Waals surface area contributed by atoms with Gasteiger partial charge >= 0.3 is 0 Å². The molecular formula is C24H29F2N3O2. The van der Waals surface area contributed by atoms with E-state index in [2.05, 4.69) is 30.7 Å². The molecule has 31 heavy (non-hydrogen) atoms. The SMILES string of the molecule is COc1cc2c(cc1N1CC(C)N(C)C(C)C1)N(C(=O)Cc1cccc(F)c1F)CC2. The van der Waals surface area contributed by atoms with Gasteiger partial charge in [-0.2, -0.15) is 0 Å². The number of piperazine rings is 1. The zero-order valence-electron chi connectivity index (χ0n) is 18.5. The van der Waals surface area contributed by atoms with E-state index in [0.29, 0.717) is 25.0 Å². The Labute approximate surface area is 182 Å². The molecule has 0 saturated carbocycles. The molecule has 2 unspecified atom stereocenters. The first-order chi connectivity index (χ1) is 14.8. The summed E-state index contributed by atoms with van der Waals surface area (Å²) in [5.41, 5.74) is 2.90. The summed E-state index contributed by atoms with van der Waals surface area (Å²) >= 11 is 0. The number of carbonyl (C=O) groups excluding carboxylic acids is 1. The van der Waals surface area contributed by atoms with Crippen molar-refractivity contribution in [3.63, 3.8) is 0 Å². The van der Waals surface area contributed by atoms with Gasteiger partial charge in [-0.15, -0.1) is 0 Å². The van der Waals surface area contributed by atoms with Crippen molar-refractivity contribution in [1.82, 2.24) is 4.90 Å². The minimum absolute atomic E-state index is 0.0777. The predicted molar refractivity (Wildman–Crippen MR) is 118 cm³/mol. The molecule has 2 aromatic rings. The summed E-state index contributed by atoms with van der Waals surface area (Å²) in [6.45, 7) is 6.64. The average Bonchev–Trinajstić information content (AvgIpc) is 3.17. The molecule has 166 valence electrons. The summed E-state index contributed by atoms with van der Waals surface area (Å²) in [5.74, 6) is -1.32. The maximum Gasteiger partial charge on any atom is 0.231 e. The van der Waals surface area contributed by atoms with Crippen LogP contribution in [0.25, 0.3) is 0 Å². The van der Waals surface area contributed by atoms with E-state index in [1.807, 2.05) is 12.1 Å². The number of hydrogen-bond acceptors (Lipinski definition) is 4. The van der Waals surface area contributed by atoms with Crippen molar-refractivity contribution in [2.24, 2.45) is 0 Å². The fourth-order valence-electron chi connectivity index (χ4n) is 4.62. The van der Waals surface area contributed by atoms with Crippen molar-refractivity contribution in [3.05, 3.63) is 53.1 Å². The van der Waals surface area contributed by atoms with E-state index < -0.39 is 11.6 Å². The molecule has 2 aliphatic heterocycles. The number of benzene rings is 2. The largest absolute Gasteiger partial charge is 0.495 e. The summed E-state index contributed by atoms with van der Waals surface area (Å²) in [7, 11) is 3.80. The third-order valence-corrected chi connectivity index (χ3v) is 6.65. The highest BCUT2D eigenvalue weighted by molar-refractivity contribution is 5.97. The van der Waals surface area contributed by atoms with Crippen LogP contribution >= 0.6 is 0 Å². The molecule has 1 saturated heterocycles. The van der Waals surface area contributed by atoms with E-state index in [-0.39, 0.29) is 17.9 Å². The minimum Gasteiger partial charge on any atom is -0.495 e. The van der Waals surface area contributed by atoms with Crippen LogP contribution in [-0.2, 0) is 17.6 Å². The lowest BCUT2D eigenvalue weighted by atomic mass is 10.1. The lowest BCUT2D eigenvalue weighted by Gasteiger charge is -2.44. The molecular weight excluding hydrogens is 400 g/mol. The number of likely N-dealkylation sites (N-methyl/N-ethyl adjacent to an activating group) is 1. The van der Waals surface area contributed by atoms with Crippen molar-refractivity contribution < 1.29 is 18.3 Å². The van der Waals surface area contributed by atoms with Gasteiger partial charge in [0.05, 0.1) is 19.2 Å². The number of carbonyl (C=O) groups is 1. The van der Waals surface area contributed by atoms with Crippen molar-refractivity contribution >= 4 is 17.3 Å². The molecule has 1 fully saturated rings. The van der Waals surface area contributed by atoms with Crippen LogP contribution in [0.2, 0.25) is 0 Å². The van der Waals surface area contributed by atoms with E-state index in [1.165, 1.54) is 12.1 Å². The van der Waals surface area contributed by atoms with Gasteiger partial charge in [-0.25, -0.2) is 8.78 Å². The summed E-state index contributed by atoms with van der Waals surface area (Å²) in [6, 6.07) is 8.74. The van der Waals surface area contributed by atoms with Crippen molar-refractivity contribution in [3.8, 4) is 5.75 Å². The highest BCUT2D eigenvalue weighted by Gasteiger charge is 2.32. The number of nitrogens with zero attached hydrogens (tertiary/aromatic N) is 3. The number of methoxy groups -OCH3 is 1. The van der Waals surface area contributed by atoms with Crippen LogP contribution in [0.1, 0.15) is 25.0 Å². The summed E-state index contributed by atoms with van der Waals surface area (Å²) in [4.78, 5) is 19.4. The van der Waals surface area contributed by atoms with Crippen LogP contribution in [0.15, 0.2) is 30.3 Å². The number of ether oxygens (including phenoxy) is 1. The Kier molecular flexibility index (Phi) is 5.88. The Morgan fingerprint density at radius 2 is 1.84 bits per heavy atom. The molecule has 1 amide bonds. The zero-order chi connectivity index (χ0) is 22.3. The van der Waals surface area contributed by atoms with Gasteiger partial charge in [0.25, 0.3) is 0 Å². The molecule has 2 heterocycles. The Morgan fingerprint density at radius 1 is 1.13 bits per heavy atom. The van der Waals surface area contributed by atoms with E-state index in [4.69, 9.17) is 4.74 Å². The van der Waals surface area contributed by atoms with Crippen LogP contribution in [0.3, 0.4) is 0 Å². The molecule has 2 aromatic carbocycles. The molecule has 0 spiro atoms. The van der Waals surface area contributed by atoms with Crippen LogP contribution in [0, 0.1) is 11.6 Å². The fourth-order valence-corrected chi connectivity index (χ4v) is 4.62. The molecule has 0 aliphatic carbocycles. The van der Waals surface area contributed by atoms with Crippen molar-refractivity contribution in [2.75, 3.05) is 43.6 Å². The molecule has 0 bridgehead atoms. The van der Waals surface area contributed by atoms with Crippen LogP contribution in [0.5, 0.6) is 5.75 Å². The van der Waals surface area contributed by atoms with Gasteiger partial charge in [0.2, 0.25) is 5.91 Å². The number of fused-ring (bicyclic) bond motifs is 1. The number of halogens is 2. The van der Waals surface area contributed by atoms with Gasteiger partial charge in [-0.3, -0.25) is 9.69 Å². The van der Waals surface area contributed by atoms with Crippen LogP contribution < -0.4 is 14.5 Å². The Hall–Kier alpha value is -2.67. The smallest absolute Gasteiger partial charge is 0.231 e. The molecule has 2 atom stereocenters. The van der Waals surface area contributed by atoms with E-state index >= 15 is 0 Å². The lowest BCUT2D eigenvalue weighted by Crippen LogP contribution is -2.55. The first kappa shape index (κ1) is 21.6. The van der Waals surface area contributed by atoms with Gasteiger partial charge in [0.15, 0.2) is 11.6 Å². The molecule has 0 N–H and O–H groups in total. The van der Waals surface area contributed by atoms with Gasteiger partial charge < -0.3 is 14.5 Å². The second-order valence-electron chi connectivity index (χ2n) is 8.61. The second kappa shape index (κ2) is 8.46. The summed E-state index contributed by atoms with van der Waals surface area (Å²) in [5, 5.41) is 0. The van der Waals surface area contributed by atoms with Gasteiger partial charge in [-0.05, 0) is 51.1 Å². The average molecular weight is 430 g/mol. The third kappa shape index (κ3) is 3.99. The lowest BCUT2D eigenvalue weighted by molar-refractivity contribution is -0.117. The van der Waals surface area contributed by atoms with Gasteiger partial charge in [-0.1, -0.05) is 12.1 Å².